The Hall–Kier alpha value is -1.59. The molecule has 132 valence electrons. The lowest BCUT2D eigenvalue weighted by Gasteiger charge is -2.56. The van der Waals surface area contributed by atoms with Gasteiger partial charge in [-0.15, -0.1) is 0 Å². The van der Waals surface area contributed by atoms with E-state index in [-0.39, 0.29) is 29.9 Å². The van der Waals surface area contributed by atoms with Crippen molar-refractivity contribution in [2.24, 2.45) is 17.8 Å². The molecule has 1 N–H and O–H groups in total. The highest BCUT2D eigenvalue weighted by Crippen LogP contribution is 2.55. The number of imide groups is 1. The van der Waals surface area contributed by atoms with Crippen molar-refractivity contribution in [3.8, 4) is 0 Å². The van der Waals surface area contributed by atoms with E-state index in [0.29, 0.717) is 19.4 Å². The first-order chi connectivity index (χ1) is 11.4. The minimum atomic E-state index is -0.249. The third kappa shape index (κ3) is 2.80. The van der Waals surface area contributed by atoms with E-state index in [2.05, 4.69) is 5.32 Å². The third-order valence-electron chi connectivity index (χ3n) is 6.46. The van der Waals surface area contributed by atoms with Gasteiger partial charge in [-0.2, -0.15) is 0 Å². The van der Waals surface area contributed by atoms with Crippen LogP contribution in [0.3, 0.4) is 0 Å². The van der Waals surface area contributed by atoms with E-state index in [4.69, 9.17) is 0 Å². The Labute approximate surface area is 142 Å². The maximum Gasteiger partial charge on any atom is 0.326 e. The Morgan fingerprint density at radius 2 is 1.71 bits per heavy atom. The normalized spacial score (nSPS) is 37.5. The summed E-state index contributed by atoms with van der Waals surface area (Å²) in [5.74, 6) is 2.36. The Morgan fingerprint density at radius 1 is 1.12 bits per heavy atom. The molecular formula is C18H27N3O3. The number of carbonyl (C=O) groups is 3. The number of nitrogens with zero attached hydrogens (tertiary/aromatic N) is 2. The number of hydrogen-bond acceptors (Lipinski definition) is 3. The summed E-state index contributed by atoms with van der Waals surface area (Å²) in [5, 5.41) is 3.34. The minimum Gasteiger partial charge on any atom is -0.351 e. The number of likely N-dealkylation sites (N-methyl/N-ethyl adjacent to an activating group) is 1. The van der Waals surface area contributed by atoms with Gasteiger partial charge in [-0.1, -0.05) is 0 Å². The Morgan fingerprint density at radius 3 is 2.21 bits per heavy atom. The molecule has 24 heavy (non-hydrogen) atoms. The molecular weight excluding hydrogens is 306 g/mol. The second-order valence-corrected chi connectivity index (χ2v) is 8.53. The summed E-state index contributed by atoms with van der Waals surface area (Å²) < 4.78 is 0. The van der Waals surface area contributed by atoms with Crippen LogP contribution in [0.2, 0.25) is 0 Å². The van der Waals surface area contributed by atoms with Crippen LogP contribution in [0.4, 0.5) is 4.79 Å². The molecule has 5 aliphatic rings. The first-order valence-electron chi connectivity index (χ1n) is 9.30. The molecule has 0 aromatic rings. The Bertz CT molecular complexity index is 539. The highest BCUT2D eigenvalue weighted by molar-refractivity contribution is 6.01. The summed E-state index contributed by atoms with van der Waals surface area (Å²) in [4.78, 5) is 38.6. The summed E-state index contributed by atoms with van der Waals surface area (Å²) in [6.45, 7) is 0.495. The van der Waals surface area contributed by atoms with Crippen molar-refractivity contribution in [3.05, 3.63) is 0 Å². The molecule has 0 radical (unpaired) electrons. The van der Waals surface area contributed by atoms with Crippen LogP contribution < -0.4 is 5.32 Å². The summed E-state index contributed by atoms with van der Waals surface area (Å²) >= 11 is 0. The predicted molar refractivity (Wildman–Crippen MR) is 88.0 cm³/mol. The maximum atomic E-state index is 12.4. The summed E-state index contributed by atoms with van der Waals surface area (Å²) in [6, 6.07) is -0.249. The lowest BCUT2D eigenvalue weighted by molar-refractivity contribution is -0.128. The van der Waals surface area contributed by atoms with Gasteiger partial charge in [0.25, 0.3) is 0 Å². The van der Waals surface area contributed by atoms with Gasteiger partial charge in [0.05, 0.1) is 0 Å². The van der Waals surface area contributed by atoms with E-state index in [1.807, 2.05) is 0 Å². The van der Waals surface area contributed by atoms with Gasteiger partial charge in [0.2, 0.25) is 11.8 Å². The van der Waals surface area contributed by atoms with E-state index in [1.54, 1.807) is 7.05 Å². The molecule has 5 rings (SSSR count). The van der Waals surface area contributed by atoms with Crippen molar-refractivity contribution in [2.45, 2.75) is 56.9 Å². The van der Waals surface area contributed by atoms with Gasteiger partial charge < -0.3 is 10.2 Å². The third-order valence-corrected chi connectivity index (χ3v) is 6.46. The zero-order valence-electron chi connectivity index (χ0n) is 14.4. The van der Waals surface area contributed by atoms with Crippen molar-refractivity contribution in [2.75, 3.05) is 20.1 Å². The van der Waals surface area contributed by atoms with Crippen molar-refractivity contribution in [1.82, 2.24) is 15.1 Å². The quantitative estimate of drug-likeness (QED) is 0.779. The molecule has 4 aliphatic carbocycles. The fourth-order valence-corrected chi connectivity index (χ4v) is 5.91. The van der Waals surface area contributed by atoms with Gasteiger partial charge in [0.15, 0.2) is 0 Å². The summed E-state index contributed by atoms with van der Waals surface area (Å²) in [5.41, 5.74) is 0.0470. The first-order valence-corrected chi connectivity index (χ1v) is 9.30. The molecule has 1 saturated heterocycles. The fraction of sp³-hybridized carbons (Fsp3) is 0.833. The van der Waals surface area contributed by atoms with E-state index in [0.717, 1.165) is 37.0 Å². The molecule has 0 aromatic heterocycles. The van der Waals surface area contributed by atoms with Crippen LogP contribution in [0.25, 0.3) is 0 Å². The van der Waals surface area contributed by atoms with Crippen LogP contribution in [0.5, 0.6) is 0 Å². The summed E-state index contributed by atoms with van der Waals surface area (Å²) in [7, 11) is 1.62. The number of rotatable bonds is 5. The van der Waals surface area contributed by atoms with Crippen LogP contribution in [0.15, 0.2) is 0 Å². The molecule has 0 aromatic carbocycles. The van der Waals surface area contributed by atoms with Crippen molar-refractivity contribution < 1.29 is 14.4 Å². The monoisotopic (exact) mass is 333 g/mol. The largest absolute Gasteiger partial charge is 0.351 e. The Kier molecular flexibility index (Phi) is 3.81. The molecule has 1 aliphatic heterocycles. The van der Waals surface area contributed by atoms with Crippen molar-refractivity contribution >= 4 is 17.8 Å². The molecule has 0 unspecified atom stereocenters. The molecule has 4 amide bonds. The number of nitrogens with one attached hydrogen (secondary N) is 1. The first kappa shape index (κ1) is 15.9. The molecule has 4 saturated carbocycles. The number of amides is 4. The number of hydrogen-bond donors (Lipinski definition) is 1. The molecule has 6 nitrogen and oxygen atoms in total. The van der Waals surface area contributed by atoms with Gasteiger partial charge >= 0.3 is 6.03 Å². The lowest BCUT2D eigenvalue weighted by Crippen LogP contribution is -2.59. The van der Waals surface area contributed by atoms with Crippen LogP contribution >= 0.6 is 0 Å². The smallest absolute Gasteiger partial charge is 0.326 e. The highest BCUT2D eigenvalue weighted by atomic mass is 16.2. The molecule has 1 heterocycles. The second kappa shape index (κ2) is 5.74. The second-order valence-electron chi connectivity index (χ2n) is 8.53. The van der Waals surface area contributed by atoms with E-state index in [9.17, 15) is 14.4 Å². The van der Waals surface area contributed by atoms with Gasteiger partial charge in [-0.05, 0) is 62.7 Å². The number of urea groups is 1. The van der Waals surface area contributed by atoms with Gasteiger partial charge in [-0.25, -0.2) is 4.79 Å². The number of carbonyl (C=O) groups excluding carboxylic acids is 3. The SMILES string of the molecule is CN1CC(=O)N(CCCC(=O)NC23CC4CC(CC(C4)C2)C3)C1=O. The topological polar surface area (TPSA) is 69.7 Å². The molecule has 4 bridgehead atoms. The maximum absolute atomic E-state index is 12.4. The molecule has 0 spiro atoms. The fourth-order valence-electron chi connectivity index (χ4n) is 5.91. The predicted octanol–water partition coefficient (Wildman–Crippen LogP) is 1.75. The molecule has 5 fully saturated rings. The van der Waals surface area contributed by atoms with Crippen LogP contribution in [-0.4, -0.2) is 53.3 Å². The summed E-state index contributed by atoms with van der Waals surface area (Å²) in [6.07, 6.45) is 8.48. The van der Waals surface area contributed by atoms with Crippen molar-refractivity contribution in [1.29, 1.82) is 0 Å². The molecule has 6 heteroatoms. The van der Waals surface area contributed by atoms with Gasteiger partial charge in [-0.3, -0.25) is 14.5 Å². The molecule has 0 atom stereocenters. The van der Waals surface area contributed by atoms with E-state index < -0.39 is 0 Å². The van der Waals surface area contributed by atoms with Crippen LogP contribution in [0.1, 0.15) is 51.4 Å². The zero-order valence-corrected chi connectivity index (χ0v) is 14.4. The minimum absolute atomic E-state index is 0.0470. The van der Waals surface area contributed by atoms with Gasteiger partial charge in [0, 0.05) is 25.6 Å². The highest BCUT2D eigenvalue weighted by Gasteiger charge is 2.51. The van der Waals surface area contributed by atoms with E-state index >= 15 is 0 Å². The Balaban J connectivity index is 1.27. The van der Waals surface area contributed by atoms with Crippen LogP contribution in [-0.2, 0) is 9.59 Å². The zero-order chi connectivity index (χ0) is 16.9. The van der Waals surface area contributed by atoms with Crippen molar-refractivity contribution in [3.63, 3.8) is 0 Å². The standard InChI is InChI=1S/C18H27N3O3/c1-20-11-16(23)21(17(20)24)4-2-3-15(22)19-18-8-12-5-13(9-18)7-14(6-12)10-18/h12-14H,2-11H2,1H3,(H,19,22). The van der Waals surface area contributed by atoms with Crippen LogP contribution in [0, 0.1) is 17.8 Å². The van der Waals surface area contributed by atoms with E-state index in [1.165, 1.54) is 29.1 Å². The lowest BCUT2D eigenvalue weighted by atomic mass is 9.53. The van der Waals surface area contributed by atoms with Gasteiger partial charge in [0.1, 0.15) is 6.54 Å². The average molecular weight is 333 g/mol. The average Bonchev–Trinajstić information content (AvgIpc) is 2.71.